The summed E-state index contributed by atoms with van der Waals surface area (Å²) in [5.74, 6) is -0.667. The zero-order valence-electron chi connectivity index (χ0n) is 8.86. The second-order valence-electron chi connectivity index (χ2n) is 3.40. The van der Waals surface area contributed by atoms with Crippen LogP contribution in [0.2, 0.25) is 0 Å². The van der Waals surface area contributed by atoms with Gasteiger partial charge in [0.15, 0.2) is 5.25 Å². The molecule has 4 nitrogen and oxygen atoms in total. The first-order chi connectivity index (χ1) is 7.36. The van der Waals surface area contributed by atoms with E-state index in [1.165, 1.54) is 25.1 Å². The molecule has 0 aliphatic rings. The number of nitrogens with one attached hydrogen (secondary N) is 1. The van der Waals surface area contributed by atoms with Crippen molar-refractivity contribution in [3.05, 3.63) is 29.6 Å². The van der Waals surface area contributed by atoms with Crippen LogP contribution in [-0.2, 0) is 10.0 Å². The number of nitriles is 1. The van der Waals surface area contributed by atoms with Crippen molar-refractivity contribution in [1.82, 2.24) is 0 Å². The van der Waals surface area contributed by atoms with Crippen LogP contribution in [0.3, 0.4) is 0 Å². The van der Waals surface area contributed by atoms with Gasteiger partial charge in [-0.2, -0.15) is 5.26 Å². The molecule has 0 amide bonds. The first kappa shape index (κ1) is 12.5. The molecule has 1 aromatic carbocycles. The van der Waals surface area contributed by atoms with Crippen molar-refractivity contribution in [2.45, 2.75) is 19.1 Å². The zero-order valence-corrected chi connectivity index (χ0v) is 9.68. The monoisotopic (exact) mass is 242 g/mol. The summed E-state index contributed by atoms with van der Waals surface area (Å²) in [7, 11) is -3.85. The Labute approximate surface area is 93.8 Å². The van der Waals surface area contributed by atoms with Crippen LogP contribution >= 0.6 is 0 Å². The Morgan fingerprint density at radius 2 is 2.12 bits per heavy atom. The second-order valence-corrected chi connectivity index (χ2v) is 5.40. The van der Waals surface area contributed by atoms with E-state index in [1.54, 1.807) is 13.0 Å². The number of sulfonamides is 1. The number of rotatable bonds is 3. The molecule has 0 heterocycles. The van der Waals surface area contributed by atoms with Crippen molar-refractivity contribution in [2.24, 2.45) is 0 Å². The van der Waals surface area contributed by atoms with Gasteiger partial charge in [0.2, 0.25) is 10.0 Å². The Morgan fingerprint density at radius 1 is 1.50 bits per heavy atom. The van der Waals surface area contributed by atoms with Crippen molar-refractivity contribution in [2.75, 3.05) is 4.72 Å². The van der Waals surface area contributed by atoms with Crippen molar-refractivity contribution in [3.63, 3.8) is 0 Å². The standard InChI is InChI=1S/C10H11FN2O2S/c1-7-3-4-9(11)10(5-7)13-16(14,15)8(2)6-12/h3-5,8,13H,1-2H3. The molecule has 6 heteroatoms. The Hall–Kier alpha value is -1.61. The van der Waals surface area contributed by atoms with E-state index >= 15 is 0 Å². The lowest BCUT2D eigenvalue weighted by molar-refractivity contribution is 0.594. The molecule has 0 radical (unpaired) electrons. The first-order valence-electron chi connectivity index (χ1n) is 4.54. The minimum Gasteiger partial charge on any atom is -0.279 e. The Kier molecular flexibility index (Phi) is 3.50. The summed E-state index contributed by atoms with van der Waals surface area (Å²) in [6.07, 6.45) is 0. The van der Waals surface area contributed by atoms with Crippen LogP contribution in [0.1, 0.15) is 12.5 Å². The highest BCUT2D eigenvalue weighted by atomic mass is 32.2. The Bertz CT molecular complexity index is 534. The summed E-state index contributed by atoms with van der Waals surface area (Å²) >= 11 is 0. The minimum atomic E-state index is -3.85. The molecule has 86 valence electrons. The van der Waals surface area contributed by atoms with E-state index in [2.05, 4.69) is 4.72 Å². The molecule has 1 aromatic rings. The van der Waals surface area contributed by atoms with Crippen LogP contribution in [0, 0.1) is 24.1 Å². The fourth-order valence-corrected chi connectivity index (χ4v) is 1.81. The molecule has 1 N–H and O–H groups in total. The predicted octanol–water partition coefficient (Wildman–Crippen LogP) is 1.79. The van der Waals surface area contributed by atoms with Gasteiger partial charge in [-0.3, -0.25) is 4.72 Å². The Balaban J connectivity index is 3.07. The predicted molar refractivity (Wildman–Crippen MR) is 58.8 cm³/mol. The maximum Gasteiger partial charge on any atom is 0.248 e. The molecule has 0 aromatic heterocycles. The molecule has 0 aliphatic carbocycles. The highest BCUT2D eigenvalue weighted by molar-refractivity contribution is 7.93. The molecule has 0 bridgehead atoms. The molecule has 0 aliphatic heterocycles. The third kappa shape index (κ3) is 2.70. The van der Waals surface area contributed by atoms with Crippen molar-refractivity contribution in [3.8, 4) is 6.07 Å². The first-order valence-corrected chi connectivity index (χ1v) is 6.09. The summed E-state index contributed by atoms with van der Waals surface area (Å²) in [6, 6.07) is 5.66. The number of hydrogen-bond donors (Lipinski definition) is 1. The van der Waals surface area contributed by atoms with Crippen molar-refractivity contribution in [1.29, 1.82) is 5.26 Å². The van der Waals surface area contributed by atoms with Gasteiger partial charge >= 0.3 is 0 Å². The molecular formula is C10H11FN2O2S. The molecule has 16 heavy (non-hydrogen) atoms. The smallest absolute Gasteiger partial charge is 0.248 e. The number of aryl methyl sites for hydroxylation is 1. The molecule has 0 spiro atoms. The van der Waals surface area contributed by atoms with E-state index < -0.39 is 21.1 Å². The van der Waals surface area contributed by atoms with E-state index in [-0.39, 0.29) is 5.69 Å². The van der Waals surface area contributed by atoms with Gasteiger partial charge in [-0.15, -0.1) is 0 Å². The van der Waals surface area contributed by atoms with Crippen molar-refractivity contribution >= 4 is 15.7 Å². The summed E-state index contributed by atoms with van der Waals surface area (Å²) in [5.41, 5.74) is 0.589. The van der Waals surface area contributed by atoms with E-state index in [9.17, 15) is 12.8 Å². The van der Waals surface area contributed by atoms with E-state index in [4.69, 9.17) is 5.26 Å². The Morgan fingerprint density at radius 3 is 2.69 bits per heavy atom. The van der Waals surface area contributed by atoms with Crippen LogP contribution in [0.25, 0.3) is 0 Å². The van der Waals surface area contributed by atoms with E-state index in [0.717, 1.165) is 5.56 Å². The summed E-state index contributed by atoms with van der Waals surface area (Å²) in [6.45, 7) is 2.95. The number of hydrogen-bond acceptors (Lipinski definition) is 3. The van der Waals surface area contributed by atoms with Gasteiger partial charge in [-0.25, -0.2) is 12.8 Å². The van der Waals surface area contributed by atoms with Crippen LogP contribution in [0.5, 0.6) is 0 Å². The average molecular weight is 242 g/mol. The molecule has 0 saturated carbocycles. The third-order valence-corrected chi connectivity index (χ3v) is 3.56. The lowest BCUT2D eigenvalue weighted by atomic mass is 10.2. The third-order valence-electron chi connectivity index (χ3n) is 2.02. The van der Waals surface area contributed by atoms with Gasteiger partial charge in [0.05, 0.1) is 11.8 Å². The number of halogens is 1. The van der Waals surface area contributed by atoms with Gasteiger partial charge in [0.25, 0.3) is 0 Å². The highest BCUT2D eigenvalue weighted by Gasteiger charge is 2.21. The molecule has 0 fully saturated rings. The number of benzene rings is 1. The highest BCUT2D eigenvalue weighted by Crippen LogP contribution is 2.18. The molecule has 1 atom stereocenters. The summed E-state index contributed by atoms with van der Waals surface area (Å²) in [5, 5.41) is 7.28. The van der Waals surface area contributed by atoms with Crippen LogP contribution in [0.4, 0.5) is 10.1 Å². The largest absolute Gasteiger partial charge is 0.279 e. The molecule has 1 unspecified atom stereocenters. The van der Waals surface area contributed by atoms with E-state index in [0.29, 0.717) is 0 Å². The van der Waals surface area contributed by atoms with Crippen LogP contribution < -0.4 is 4.72 Å². The lowest BCUT2D eigenvalue weighted by Gasteiger charge is -2.10. The molecular weight excluding hydrogens is 231 g/mol. The lowest BCUT2D eigenvalue weighted by Crippen LogP contribution is -2.24. The normalized spacial score (nSPS) is 12.9. The number of anilines is 1. The van der Waals surface area contributed by atoms with Gasteiger partial charge in [-0.05, 0) is 31.5 Å². The van der Waals surface area contributed by atoms with Crippen LogP contribution in [0.15, 0.2) is 18.2 Å². The fourth-order valence-electron chi connectivity index (χ4n) is 1.03. The second kappa shape index (κ2) is 4.49. The minimum absolute atomic E-state index is 0.137. The van der Waals surface area contributed by atoms with Gasteiger partial charge in [-0.1, -0.05) is 6.07 Å². The SMILES string of the molecule is Cc1ccc(F)c(NS(=O)(=O)C(C)C#N)c1. The average Bonchev–Trinajstić information content (AvgIpc) is 2.22. The van der Waals surface area contributed by atoms with Gasteiger partial charge < -0.3 is 0 Å². The fraction of sp³-hybridized carbons (Fsp3) is 0.300. The summed E-state index contributed by atoms with van der Waals surface area (Å²) < 4.78 is 38.3. The molecule has 1 rings (SSSR count). The summed E-state index contributed by atoms with van der Waals surface area (Å²) in [4.78, 5) is 0. The molecule has 0 saturated heterocycles. The quantitative estimate of drug-likeness (QED) is 0.878. The maximum atomic E-state index is 13.3. The van der Waals surface area contributed by atoms with Crippen molar-refractivity contribution < 1.29 is 12.8 Å². The van der Waals surface area contributed by atoms with E-state index in [1.807, 2.05) is 0 Å². The number of nitrogens with zero attached hydrogens (tertiary/aromatic N) is 1. The topological polar surface area (TPSA) is 70.0 Å². The van der Waals surface area contributed by atoms with Crippen LogP contribution in [-0.4, -0.2) is 13.7 Å². The zero-order chi connectivity index (χ0) is 12.3. The maximum absolute atomic E-state index is 13.3. The van der Waals surface area contributed by atoms with Gasteiger partial charge in [0, 0.05) is 0 Å². The van der Waals surface area contributed by atoms with Gasteiger partial charge in [0.1, 0.15) is 5.82 Å².